The minimum atomic E-state index is -0.224. The average Bonchev–Trinajstić information content (AvgIpc) is 3.53. The van der Waals surface area contributed by atoms with Gasteiger partial charge in [0, 0.05) is 28.7 Å². The third-order valence-corrected chi connectivity index (χ3v) is 5.79. The zero-order valence-electron chi connectivity index (χ0n) is 16.2. The number of benzene rings is 2. The predicted molar refractivity (Wildman–Crippen MR) is 113 cm³/mol. The lowest BCUT2D eigenvalue weighted by Gasteiger charge is -2.21. The molecule has 0 spiro atoms. The summed E-state index contributed by atoms with van der Waals surface area (Å²) in [6, 6.07) is 13.4. The molecule has 2 atom stereocenters. The van der Waals surface area contributed by atoms with Gasteiger partial charge in [-0.2, -0.15) is 0 Å². The number of halogens is 1. The Labute approximate surface area is 178 Å². The quantitative estimate of drug-likeness (QED) is 0.714. The summed E-state index contributed by atoms with van der Waals surface area (Å²) < 4.78 is 12.1. The van der Waals surface area contributed by atoms with Gasteiger partial charge in [-0.25, -0.2) is 0 Å². The van der Waals surface area contributed by atoms with Crippen LogP contribution < -0.4 is 14.8 Å². The zero-order valence-corrected chi connectivity index (χ0v) is 17.8. The molecule has 2 amide bonds. The molecule has 1 heterocycles. The van der Waals surface area contributed by atoms with Crippen LogP contribution in [0, 0.1) is 5.92 Å². The number of anilines is 1. The topological polar surface area (TPSA) is 67.9 Å². The van der Waals surface area contributed by atoms with E-state index in [2.05, 4.69) is 21.2 Å². The number of likely N-dealkylation sites (N-methyl/N-ethyl adjacent to an activating group) is 1. The average molecular weight is 459 g/mol. The summed E-state index contributed by atoms with van der Waals surface area (Å²) in [4.78, 5) is 27.0. The van der Waals surface area contributed by atoms with Gasteiger partial charge in [0.05, 0.1) is 6.54 Å². The fourth-order valence-corrected chi connectivity index (χ4v) is 3.89. The molecule has 2 aromatic rings. The van der Waals surface area contributed by atoms with E-state index in [1.54, 1.807) is 23.1 Å². The summed E-state index contributed by atoms with van der Waals surface area (Å²) in [6.45, 7) is 3.44. The highest BCUT2D eigenvalue weighted by molar-refractivity contribution is 9.10. The standard InChI is InChI=1S/C22H23BrN2O4/c1-2-25(22(27)18-12-17(18)14-3-5-15(23)6-4-14)13-21(26)24-16-7-8-19-20(11-16)29-10-9-28-19/h3-8,11,17-18H,2,9-10,12-13H2,1H3,(H,24,26). The van der Waals surface area contributed by atoms with Gasteiger partial charge in [0.15, 0.2) is 11.5 Å². The molecule has 29 heavy (non-hydrogen) atoms. The van der Waals surface area contributed by atoms with Crippen molar-refractivity contribution in [1.82, 2.24) is 4.90 Å². The highest BCUT2D eigenvalue weighted by Gasteiger charge is 2.45. The van der Waals surface area contributed by atoms with Crippen molar-refractivity contribution in [3.63, 3.8) is 0 Å². The summed E-state index contributed by atoms with van der Waals surface area (Å²) in [5, 5.41) is 2.85. The molecule has 152 valence electrons. The Morgan fingerprint density at radius 3 is 2.55 bits per heavy atom. The third kappa shape index (κ3) is 4.56. The van der Waals surface area contributed by atoms with E-state index >= 15 is 0 Å². The van der Waals surface area contributed by atoms with Gasteiger partial charge in [-0.05, 0) is 49.1 Å². The smallest absolute Gasteiger partial charge is 0.243 e. The van der Waals surface area contributed by atoms with Gasteiger partial charge in [0.1, 0.15) is 13.2 Å². The third-order valence-electron chi connectivity index (χ3n) is 5.26. The molecule has 1 saturated carbocycles. The number of carbonyl (C=O) groups is 2. The maximum absolute atomic E-state index is 12.9. The highest BCUT2D eigenvalue weighted by atomic mass is 79.9. The molecule has 6 nitrogen and oxygen atoms in total. The molecule has 1 aliphatic carbocycles. The van der Waals surface area contributed by atoms with Gasteiger partial charge in [-0.3, -0.25) is 9.59 Å². The first-order valence-electron chi connectivity index (χ1n) is 9.79. The first-order chi connectivity index (χ1) is 14.0. The van der Waals surface area contributed by atoms with E-state index in [9.17, 15) is 9.59 Å². The molecule has 1 aliphatic heterocycles. The Kier molecular flexibility index (Phi) is 5.76. The van der Waals surface area contributed by atoms with Crippen molar-refractivity contribution in [3.05, 3.63) is 52.5 Å². The van der Waals surface area contributed by atoms with Crippen LogP contribution in [0.5, 0.6) is 11.5 Å². The molecular weight excluding hydrogens is 436 g/mol. The summed E-state index contributed by atoms with van der Waals surface area (Å²) in [7, 11) is 0. The molecule has 0 aromatic heterocycles. The fourth-order valence-electron chi connectivity index (χ4n) is 3.62. The first kappa shape index (κ1) is 19.8. The van der Waals surface area contributed by atoms with E-state index in [1.807, 2.05) is 31.2 Å². The van der Waals surface area contributed by atoms with Gasteiger partial charge < -0.3 is 19.7 Å². The number of nitrogens with zero attached hydrogens (tertiary/aromatic N) is 1. The van der Waals surface area contributed by atoms with E-state index in [4.69, 9.17) is 9.47 Å². The monoisotopic (exact) mass is 458 g/mol. The lowest BCUT2D eigenvalue weighted by molar-refractivity contribution is -0.135. The number of rotatable bonds is 6. The van der Waals surface area contributed by atoms with E-state index in [0.29, 0.717) is 36.9 Å². The number of carbonyl (C=O) groups excluding carboxylic acids is 2. The van der Waals surface area contributed by atoms with Crippen molar-refractivity contribution < 1.29 is 19.1 Å². The number of hydrogen-bond acceptors (Lipinski definition) is 4. The molecule has 2 aliphatic rings. The van der Waals surface area contributed by atoms with Crippen molar-refractivity contribution in [2.45, 2.75) is 19.3 Å². The van der Waals surface area contributed by atoms with Crippen molar-refractivity contribution in [2.24, 2.45) is 5.92 Å². The van der Waals surface area contributed by atoms with Gasteiger partial charge in [0.25, 0.3) is 0 Å². The van der Waals surface area contributed by atoms with Crippen LogP contribution in [0.25, 0.3) is 0 Å². The normalized spacial score (nSPS) is 19.4. The van der Waals surface area contributed by atoms with Crippen LogP contribution in [-0.2, 0) is 9.59 Å². The van der Waals surface area contributed by atoms with E-state index in [0.717, 1.165) is 10.9 Å². The largest absolute Gasteiger partial charge is 0.486 e. The van der Waals surface area contributed by atoms with Crippen LogP contribution in [-0.4, -0.2) is 43.0 Å². The van der Waals surface area contributed by atoms with Gasteiger partial charge in [-0.1, -0.05) is 28.1 Å². The van der Waals surface area contributed by atoms with Crippen molar-refractivity contribution in [3.8, 4) is 11.5 Å². The Morgan fingerprint density at radius 2 is 1.83 bits per heavy atom. The van der Waals surface area contributed by atoms with Crippen LogP contribution in [0.15, 0.2) is 46.9 Å². The van der Waals surface area contributed by atoms with Crippen LogP contribution >= 0.6 is 15.9 Å². The summed E-state index contributed by atoms with van der Waals surface area (Å²) in [5.74, 6) is 1.30. The molecule has 0 bridgehead atoms. The van der Waals surface area contributed by atoms with E-state index in [-0.39, 0.29) is 30.2 Å². The molecule has 0 saturated heterocycles. The number of hydrogen-bond donors (Lipinski definition) is 1. The maximum Gasteiger partial charge on any atom is 0.243 e. The second-order valence-corrected chi connectivity index (χ2v) is 8.17. The number of amides is 2. The number of fused-ring (bicyclic) bond motifs is 1. The first-order valence-corrected chi connectivity index (χ1v) is 10.6. The van der Waals surface area contributed by atoms with Crippen LogP contribution in [0.3, 0.4) is 0 Å². The Morgan fingerprint density at radius 1 is 1.10 bits per heavy atom. The predicted octanol–water partition coefficient (Wildman–Crippen LogP) is 3.81. The minimum Gasteiger partial charge on any atom is -0.486 e. The lowest BCUT2D eigenvalue weighted by atomic mass is 10.1. The Hall–Kier alpha value is -2.54. The second kappa shape index (κ2) is 8.45. The molecule has 7 heteroatoms. The summed E-state index contributed by atoms with van der Waals surface area (Å²) in [5.41, 5.74) is 1.80. The molecule has 4 rings (SSSR count). The van der Waals surface area contributed by atoms with Crippen molar-refractivity contribution in [2.75, 3.05) is 31.6 Å². The second-order valence-electron chi connectivity index (χ2n) is 7.26. The fraction of sp³-hybridized carbons (Fsp3) is 0.364. The Bertz CT molecular complexity index is 916. The SMILES string of the molecule is CCN(CC(=O)Nc1ccc2c(c1)OCCO2)C(=O)C1CC1c1ccc(Br)cc1. The minimum absolute atomic E-state index is 0.0351. The zero-order chi connectivity index (χ0) is 20.4. The van der Waals surface area contributed by atoms with Crippen molar-refractivity contribution in [1.29, 1.82) is 0 Å². The van der Waals surface area contributed by atoms with Gasteiger partial charge in [0.2, 0.25) is 11.8 Å². The Balaban J connectivity index is 1.34. The van der Waals surface area contributed by atoms with Gasteiger partial charge in [-0.15, -0.1) is 0 Å². The molecule has 1 N–H and O–H groups in total. The molecular formula is C22H23BrN2O4. The number of ether oxygens (including phenoxy) is 2. The van der Waals surface area contributed by atoms with Gasteiger partial charge >= 0.3 is 0 Å². The molecule has 1 fully saturated rings. The van der Waals surface area contributed by atoms with Crippen LogP contribution in [0.1, 0.15) is 24.8 Å². The van der Waals surface area contributed by atoms with Crippen LogP contribution in [0.4, 0.5) is 5.69 Å². The highest BCUT2D eigenvalue weighted by Crippen LogP contribution is 2.48. The number of nitrogens with one attached hydrogen (secondary N) is 1. The maximum atomic E-state index is 12.9. The van der Waals surface area contributed by atoms with E-state index < -0.39 is 0 Å². The lowest BCUT2D eigenvalue weighted by Crippen LogP contribution is -2.39. The molecule has 2 aromatic carbocycles. The molecule has 0 radical (unpaired) electrons. The summed E-state index contributed by atoms with van der Waals surface area (Å²) in [6.07, 6.45) is 0.834. The molecule has 2 unspecified atom stereocenters. The van der Waals surface area contributed by atoms with E-state index in [1.165, 1.54) is 5.56 Å². The van der Waals surface area contributed by atoms with Crippen LogP contribution in [0.2, 0.25) is 0 Å². The summed E-state index contributed by atoms with van der Waals surface area (Å²) >= 11 is 3.43. The van der Waals surface area contributed by atoms with Crippen molar-refractivity contribution >= 4 is 33.4 Å².